The first-order valence-electron chi connectivity index (χ1n) is 6.36. The van der Waals surface area contributed by atoms with Gasteiger partial charge in [0.2, 0.25) is 0 Å². The van der Waals surface area contributed by atoms with Crippen LogP contribution in [0.2, 0.25) is 0 Å². The minimum atomic E-state index is -4.52. The zero-order valence-corrected chi connectivity index (χ0v) is 12.1. The Labute approximate surface area is 124 Å². The molecule has 1 fully saturated rings. The summed E-state index contributed by atoms with van der Waals surface area (Å²) in [5, 5.41) is 0. The van der Waals surface area contributed by atoms with Crippen LogP contribution in [0.5, 0.6) is 0 Å². The zero-order valence-electron chi connectivity index (χ0n) is 12.1. The van der Waals surface area contributed by atoms with E-state index < -0.39 is 35.0 Å². The van der Waals surface area contributed by atoms with Crippen LogP contribution < -0.4 is 0 Å². The van der Waals surface area contributed by atoms with Crippen LogP contribution in [0.3, 0.4) is 0 Å². The van der Waals surface area contributed by atoms with Crippen molar-refractivity contribution >= 4 is 18.0 Å². The topological polar surface area (TPSA) is 52.6 Å². The maximum absolute atomic E-state index is 12.9. The standard InChI is InChI=1S/C15H13F3O4/c1-8-4-5-9(7-11(8)15(16,17)18)6-10-12(19)21-14(2,3)22-13(10)20/h4-7H,1-3H3. The van der Waals surface area contributed by atoms with Gasteiger partial charge in [-0.15, -0.1) is 0 Å². The third-order valence-corrected chi connectivity index (χ3v) is 2.99. The minimum absolute atomic E-state index is 0.0459. The van der Waals surface area contributed by atoms with Gasteiger partial charge in [-0.1, -0.05) is 12.1 Å². The summed E-state index contributed by atoms with van der Waals surface area (Å²) in [5.74, 6) is -3.26. The molecule has 1 aromatic carbocycles. The van der Waals surface area contributed by atoms with Gasteiger partial charge in [-0.3, -0.25) is 0 Å². The van der Waals surface area contributed by atoms with Gasteiger partial charge in [-0.2, -0.15) is 13.2 Å². The summed E-state index contributed by atoms with van der Waals surface area (Å²) in [6.45, 7) is 4.09. The van der Waals surface area contributed by atoms with Gasteiger partial charge in [0, 0.05) is 13.8 Å². The molecule has 1 aliphatic heterocycles. The molecule has 0 radical (unpaired) electrons. The normalized spacial score (nSPS) is 17.8. The van der Waals surface area contributed by atoms with Crippen molar-refractivity contribution in [3.05, 3.63) is 40.5 Å². The van der Waals surface area contributed by atoms with Crippen molar-refractivity contribution < 1.29 is 32.2 Å². The molecule has 0 aromatic heterocycles. The third kappa shape index (κ3) is 3.29. The summed E-state index contributed by atoms with van der Waals surface area (Å²) in [7, 11) is 0. The van der Waals surface area contributed by atoms with Crippen LogP contribution in [0.4, 0.5) is 13.2 Å². The largest absolute Gasteiger partial charge is 0.419 e. The molecule has 1 aliphatic rings. The smallest absolute Gasteiger partial charge is 0.416 e. The summed E-state index contributed by atoms with van der Waals surface area (Å²) >= 11 is 0. The Balaban J connectivity index is 2.42. The van der Waals surface area contributed by atoms with Gasteiger partial charge in [-0.25, -0.2) is 9.59 Å². The molecule has 1 aromatic rings. The van der Waals surface area contributed by atoms with Crippen molar-refractivity contribution in [3.63, 3.8) is 0 Å². The van der Waals surface area contributed by atoms with Gasteiger partial charge in [0.25, 0.3) is 5.79 Å². The molecule has 0 saturated carbocycles. The van der Waals surface area contributed by atoms with Crippen LogP contribution >= 0.6 is 0 Å². The van der Waals surface area contributed by atoms with Crippen LogP contribution in [-0.2, 0) is 25.2 Å². The average Bonchev–Trinajstić information content (AvgIpc) is 2.33. The Bertz CT molecular complexity index is 650. The molecule has 7 heteroatoms. The lowest BCUT2D eigenvalue weighted by atomic mass is 10.0. The molecular formula is C15H13F3O4. The Morgan fingerprint density at radius 3 is 2.14 bits per heavy atom. The fourth-order valence-electron chi connectivity index (χ4n) is 1.98. The molecule has 0 atom stereocenters. The number of benzene rings is 1. The summed E-state index contributed by atoms with van der Waals surface area (Å²) in [5.41, 5.74) is -1.18. The number of halogens is 3. The quantitative estimate of drug-likeness (QED) is 0.454. The van der Waals surface area contributed by atoms with E-state index in [1.165, 1.54) is 32.9 Å². The maximum atomic E-state index is 12.9. The van der Waals surface area contributed by atoms with E-state index in [4.69, 9.17) is 9.47 Å². The lowest BCUT2D eigenvalue weighted by Gasteiger charge is -2.29. The molecular weight excluding hydrogens is 301 g/mol. The van der Waals surface area contributed by atoms with Gasteiger partial charge in [-0.05, 0) is 30.2 Å². The third-order valence-electron chi connectivity index (χ3n) is 2.99. The zero-order chi connectivity index (χ0) is 16.7. The Hall–Kier alpha value is -2.31. The van der Waals surface area contributed by atoms with Gasteiger partial charge >= 0.3 is 18.1 Å². The Morgan fingerprint density at radius 2 is 1.64 bits per heavy atom. The number of carbonyl (C=O) groups is 2. The van der Waals surface area contributed by atoms with Crippen molar-refractivity contribution in [3.8, 4) is 0 Å². The Kier molecular flexibility index (Phi) is 3.76. The second-order valence-corrected chi connectivity index (χ2v) is 5.31. The maximum Gasteiger partial charge on any atom is 0.416 e. The summed E-state index contributed by atoms with van der Waals surface area (Å²) in [6.07, 6.45) is -3.50. The van der Waals surface area contributed by atoms with Crippen LogP contribution in [0.1, 0.15) is 30.5 Å². The predicted octanol–water partition coefficient (Wildman–Crippen LogP) is 3.23. The van der Waals surface area contributed by atoms with E-state index in [-0.39, 0.29) is 11.1 Å². The number of rotatable bonds is 1. The van der Waals surface area contributed by atoms with Crippen LogP contribution in [0, 0.1) is 6.92 Å². The SMILES string of the molecule is Cc1ccc(C=C2C(=O)OC(C)(C)OC2=O)cc1C(F)(F)F. The molecule has 0 spiro atoms. The molecule has 118 valence electrons. The van der Waals surface area contributed by atoms with Gasteiger partial charge < -0.3 is 9.47 Å². The number of aryl methyl sites for hydroxylation is 1. The van der Waals surface area contributed by atoms with Crippen LogP contribution in [0.15, 0.2) is 23.8 Å². The number of hydrogen-bond acceptors (Lipinski definition) is 4. The highest BCUT2D eigenvalue weighted by atomic mass is 19.4. The first-order valence-corrected chi connectivity index (χ1v) is 6.36. The molecule has 1 heterocycles. The lowest BCUT2D eigenvalue weighted by Crippen LogP contribution is -2.41. The second-order valence-electron chi connectivity index (χ2n) is 5.31. The number of ether oxygens (including phenoxy) is 2. The molecule has 4 nitrogen and oxygen atoms in total. The van der Waals surface area contributed by atoms with Gasteiger partial charge in [0.1, 0.15) is 5.57 Å². The van der Waals surface area contributed by atoms with Crippen molar-refractivity contribution in [2.75, 3.05) is 0 Å². The summed E-state index contributed by atoms with van der Waals surface area (Å²) < 4.78 is 48.3. The summed E-state index contributed by atoms with van der Waals surface area (Å²) in [4.78, 5) is 23.5. The highest BCUT2D eigenvalue weighted by molar-refractivity contribution is 6.18. The van der Waals surface area contributed by atoms with E-state index in [0.717, 1.165) is 12.1 Å². The fourth-order valence-corrected chi connectivity index (χ4v) is 1.98. The van der Waals surface area contributed by atoms with Crippen molar-refractivity contribution in [2.45, 2.75) is 32.7 Å². The van der Waals surface area contributed by atoms with E-state index in [1.807, 2.05) is 0 Å². The Morgan fingerprint density at radius 1 is 1.09 bits per heavy atom. The van der Waals surface area contributed by atoms with Crippen molar-refractivity contribution in [2.24, 2.45) is 0 Å². The van der Waals surface area contributed by atoms with Gasteiger partial charge in [0.05, 0.1) is 5.56 Å². The molecule has 0 aliphatic carbocycles. The number of esters is 2. The summed E-state index contributed by atoms with van der Waals surface area (Å²) in [6, 6.07) is 3.50. The average molecular weight is 314 g/mol. The van der Waals surface area contributed by atoms with E-state index in [9.17, 15) is 22.8 Å². The molecule has 22 heavy (non-hydrogen) atoms. The highest BCUT2D eigenvalue weighted by Crippen LogP contribution is 2.33. The van der Waals surface area contributed by atoms with Crippen LogP contribution in [-0.4, -0.2) is 17.7 Å². The number of hydrogen-bond donors (Lipinski definition) is 0. The minimum Gasteiger partial charge on any atom is -0.419 e. The number of alkyl halides is 3. The van der Waals surface area contributed by atoms with E-state index in [2.05, 4.69) is 0 Å². The monoisotopic (exact) mass is 314 g/mol. The van der Waals surface area contributed by atoms with Gasteiger partial charge in [0.15, 0.2) is 0 Å². The first kappa shape index (κ1) is 16.1. The first-order chi connectivity index (χ1) is 9.99. The fraction of sp³-hybridized carbons (Fsp3) is 0.333. The van der Waals surface area contributed by atoms with E-state index >= 15 is 0 Å². The molecule has 0 unspecified atom stereocenters. The number of cyclic esters (lactones) is 2. The molecule has 2 rings (SSSR count). The lowest BCUT2D eigenvalue weighted by molar-refractivity contribution is -0.222. The van der Waals surface area contributed by atoms with Crippen LogP contribution in [0.25, 0.3) is 6.08 Å². The second kappa shape index (κ2) is 5.15. The van der Waals surface area contributed by atoms with E-state index in [1.54, 1.807) is 0 Å². The molecule has 0 amide bonds. The van der Waals surface area contributed by atoms with Crippen molar-refractivity contribution in [1.29, 1.82) is 0 Å². The molecule has 0 N–H and O–H groups in total. The molecule has 0 bridgehead atoms. The van der Waals surface area contributed by atoms with E-state index in [0.29, 0.717) is 0 Å². The predicted molar refractivity (Wildman–Crippen MR) is 70.4 cm³/mol. The highest BCUT2D eigenvalue weighted by Gasteiger charge is 2.39. The molecule has 1 saturated heterocycles. The van der Waals surface area contributed by atoms with Crippen molar-refractivity contribution in [1.82, 2.24) is 0 Å². The number of carbonyl (C=O) groups excluding carboxylic acids is 2.